The van der Waals surface area contributed by atoms with Gasteiger partial charge in [0, 0.05) is 13.0 Å². The van der Waals surface area contributed by atoms with Crippen molar-refractivity contribution in [2.45, 2.75) is 52.2 Å². The van der Waals surface area contributed by atoms with E-state index < -0.39 is 21.2 Å². The zero-order valence-corrected chi connectivity index (χ0v) is 12.5. The molecule has 108 valence electrons. The number of carbonyl (C=O) groups is 1. The first kappa shape index (κ1) is 17.4. The van der Waals surface area contributed by atoms with Crippen LogP contribution in [0.25, 0.3) is 0 Å². The van der Waals surface area contributed by atoms with E-state index in [0.717, 1.165) is 0 Å². The lowest BCUT2D eigenvalue weighted by molar-refractivity contribution is -0.137. The Balaban J connectivity index is 4.17. The molecule has 0 bridgehead atoms. The van der Waals surface area contributed by atoms with Gasteiger partial charge >= 0.3 is 5.97 Å². The number of hydrogen-bond donors (Lipinski definition) is 2. The molecule has 0 spiro atoms. The summed E-state index contributed by atoms with van der Waals surface area (Å²) in [6, 6.07) is 0. The highest BCUT2D eigenvalue weighted by atomic mass is 32.2. The summed E-state index contributed by atoms with van der Waals surface area (Å²) in [6.45, 7) is 7.70. The molecule has 5 nitrogen and oxygen atoms in total. The molecule has 0 aromatic rings. The maximum absolute atomic E-state index is 11.5. The van der Waals surface area contributed by atoms with Crippen molar-refractivity contribution in [3.05, 3.63) is 0 Å². The van der Waals surface area contributed by atoms with E-state index in [2.05, 4.69) is 4.72 Å². The standard InChI is InChI=1S/C12H25NO4S/c1-9(2)11(5-6-12(14)15)7-8-13-18(16,17)10(3)4/h9-11,13H,5-8H2,1-4H3,(H,14,15). The van der Waals surface area contributed by atoms with Crippen LogP contribution in [-0.2, 0) is 14.8 Å². The van der Waals surface area contributed by atoms with E-state index in [-0.39, 0.29) is 12.3 Å². The molecule has 0 aliphatic carbocycles. The number of nitrogens with one attached hydrogen (secondary N) is 1. The Kier molecular flexibility index (Phi) is 7.47. The molecule has 0 aliphatic heterocycles. The summed E-state index contributed by atoms with van der Waals surface area (Å²) >= 11 is 0. The van der Waals surface area contributed by atoms with Gasteiger partial charge in [-0.05, 0) is 38.5 Å². The van der Waals surface area contributed by atoms with Gasteiger partial charge in [0.2, 0.25) is 10.0 Å². The number of sulfonamides is 1. The van der Waals surface area contributed by atoms with Crippen molar-refractivity contribution in [2.75, 3.05) is 6.54 Å². The number of aliphatic carboxylic acids is 1. The Labute approximate surface area is 110 Å². The van der Waals surface area contributed by atoms with Gasteiger partial charge in [-0.15, -0.1) is 0 Å². The van der Waals surface area contributed by atoms with Crippen LogP contribution in [0.2, 0.25) is 0 Å². The zero-order chi connectivity index (χ0) is 14.3. The van der Waals surface area contributed by atoms with Crippen molar-refractivity contribution in [1.29, 1.82) is 0 Å². The van der Waals surface area contributed by atoms with Crippen molar-refractivity contribution in [1.82, 2.24) is 4.72 Å². The lowest BCUT2D eigenvalue weighted by Crippen LogP contribution is -2.32. The van der Waals surface area contributed by atoms with Gasteiger partial charge in [-0.1, -0.05) is 13.8 Å². The van der Waals surface area contributed by atoms with Crippen molar-refractivity contribution >= 4 is 16.0 Å². The minimum Gasteiger partial charge on any atom is -0.481 e. The van der Waals surface area contributed by atoms with Gasteiger partial charge in [0.25, 0.3) is 0 Å². The first-order valence-electron chi connectivity index (χ1n) is 6.37. The van der Waals surface area contributed by atoms with E-state index in [4.69, 9.17) is 5.11 Å². The Morgan fingerprint density at radius 3 is 2.11 bits per heavy atom. The molecule has 0 aliphatic rings. The van der Waals surface area contributed by atoms with E-state index in [1.807, 2.05) is 13.8 Å². The molecular formula is C12H25NO4S. The zero-order valence-electron chi connectivity index (χ0n) is 11.6. The number of rotatable bonds is 9. The monoisotopic (exact) mass is 279 g/mol. The molecule has 0 saturated heterocycles. The van der Waals surface area contributed by atoms with Gasteiger partial charge in [-0.25, -0.2) is 13.1 Å². The summed E-state index contributed by atoms with van der Waals surface area (Å²) in [5.74, 6) is -0.215. The molecular weight excluding hydrogens is 254 g/mol. The van der Waals surface area contributed by atoms with Gasteiger partial charge in [0.15, 0.2) is 0 Å². The minimum atomic E-state index is -3.22. The van der Waals surface area contributed by atoms with Crippen molar-refractivity contribution < 1.29 is 18.3 Å². The normalized spacial score (nSPS) is 14.1. The first-order valence-corrected chi connectivity index (χ1v) is 7.91. The topological polar surface area (TPSA) is 83.5 Å². The molecule has 0 saturated carbocycles. The first-order chi connectivity index (χ1) is 8.16. The molecule has 0 heterocycles. The van der Waals surface area contributed by atoms with Crippen LogP contribution in [0.1, 0.15) is 47.0 Å². The highest BCUT2D eigenvalue weighted by molar-refractivity contribution is 7.90. The maximum Gasteiger partial charge on any atom is 0.303 e. The molecule has 18 heavy (non-hydrogen) atoms. The third-order valence-electron chi connectivity index (χ3n) is 3.11. The fourth-order valence-corrected chi connectivity index (χ4v) is 2.41. The van der Waals surface area contributed by atoms with Crippen LogP contribution < -0.4 is 4.72 Å². The van der Waals surface area contributed by atoms with Crippen LogP contribution in [0, 0.1) is 11.8 Å². The average molecular weight is 279 g/mol. The summed E-state index contributed by atoms with van der Waals surface area (Å²) in [6.07, 6.45) is 1.41. The van der Waals surface area contributed by atoms with Gasteiger partial charge in [-0.3, -0.25) is 4.79 Å². The third-order valence-corrected chi connectivity index (χ3v) is 4.96. The van der Waals surface area contributed by atoms with E-state index >= 15 is 0 Å². The molecule has 0 aromatic heterocycles. The fraction of sp³-hybridized carbons (Fsp3) is 0.917. The Morgan fingerprint density at radius 2 is 1.72 bits per heavy atom. The van der Waals surface area contributed by atoms with Crippen LogP contribution >= 0.6 is 0 Å². The largest absolute Gasteiger partial charge is 0.481 e. The maximum atomic E-state index is 11.5. The molecule has 6 heteroatoms. The molecule has 1 unspecified atom stereocenters. The summed E-state index contributed by atoms with van der Waals surface area (Å²) in [5.41, 5.74) is 0. The molecule has 0 radical (unpaired) electrons. The third kappa shape index (κ3) is 6.96. The van der Waals surface area contributed by atoms with E-state index in [9.17, 15) is 13.2 Å². The van der Waals surface area contributed by atoms with Crippen LogP contribution in [0.5, 0.6) is 0 Å². The quantitative estimate of drug-likeness (QED) is 0.674. The van der Waals surface area contributed by atoms with Gasteiger partial charge in [-0.2, -0.15) is 0 Å². The molecule has 0 rings (SSSR count). The van der Waals surface area contributed by atoms with Gasteiger partial charge in [0.05, 0.1) is 5.25 Å². The number of carboxylic acid groups (broad SMARTS) is 1. The predicted octanol–water partition coefficient (Wildman–Crippen LogP) is 1.84. The summed E-state index contributed by atoms with van der Waals surface area (Å²) in [4.78, 5) is 10.5. The average Bonchev–Trinajstić information content (AvgIpc) is 2.21. The van der Waals surface area contributed by atoms with Gasteiger partial charge < -0.3 is 5.11 Å². The minimum absolute atomic E-state index is 0.139. The Hall–Kier alpha value is -0.620. The second kappa shape index (κ2) is 7.74. The molecule has 0 amide bonds. The van der Waals surface area contributed by atoms with Crippen molar-refractivity contribution in [3.63, 3.8) is 0 Å². The second-order valence-electron chi connectivity index (χ2n) is 5.21. The summed E-state index contributed by atoms with van der Waals surface area (Å²) < 4.78 is 25.6. The highest BCUT2D eigenvalue weighted by Crippen LogP contribution is 2.20. The molecule has 1 atom stereocenters. The lowest BCUT2D eigenvalue weighted by Gasteiger charge is -2.20. The Morgan fingerprint density at radius 1 is 1.17 bits per heavy atom. The predicted molar refractivity (Wildman–Crippen MR) is 71.9 cm³/mol. The van der Waals surface area contributed by atoms with Crippen molar-refractivity contribution in [2.24, 2.45) is 11.8 Å². The van der Waals surface area contributed by atoms with Gasteiger partial charge in [0.1, 0.15) is 0 Å². The summed E-state index contributed by atoms with van der Waals surface area (Å²) in [7, 11) is -3.22. The second-order valence-corrected chi connectivity index (χ2v) is 7.53. The molecule has 0 aromatic carbocycles. The number of hydrogen-bond acceptors (Lipinski definition) is 3. The molecule has 0 fully saturated rings. The van der Waals surface area contributed by atoms with E-state index in [1.54, 1.807) is 13.8 Å². The summed E-state index contributed by atoms with van der Waals surface area (Å²) in [5, 5.41) is 8.22. The van der Waals surface area contributed by atoms with Crippen LogP contribution in [0.4, 0.5) is 0 Å². The molecule has 2 N–H and O–H groups in total. The van der Waals surface area contributed by atoms with Crippen molar-refractivity contribution in [3.8, 4) is 0 Å². The van der Waals surface area contributed by atoms with E-state index in [1.165, 1.54) is 0 Å². The van der Waals surface area contributed by atoms with Crippen LogP contribution in [0.3, 0.4) is 0 Å². The fourth-order valence-electron chi connectivity index (χ4n) is 1.67. The highest BCUT2D eigenvalue weighted by Gasteiger charge is 2.18. The Bertz CT molecular complexity index is 349. The lowest BCUT2D eigenvalue weighted by atomic mass is 9.88. The smallest absolute Gasteiger partial charge is 0.303 e. The number of carboxylic acids is 1. The van der Waals surface area contributed by atoms with Crippen LogP contribution in [0.15, 0.2) is 0 Å². The van der Waals surface area contributed by atoms with Crippen LogP contribution in [-0.4, -0.2) is 31.3 Å². The van der Waals surface area contributed by atoms with E-state index in [0.29, 0.717) is 25.3 Å². The SMILES string of the molecule is CC(C)C(CCNS(=O)(=O)C(C)C)CCC(=O)O.